The zero-order valence-corrected chi connectivity index (χ0v) is 15.3. The Labute approximate surface area is 150 Å². The Morgan fingerprint density at radius 2 is 2.08 bits per heavy atom. The van der Waals surface area contributed by atoms with Crippen LogP contribution in [0.4, 0.5) is 17.3 Å². The highest BCUT2D eigenvalue weighted by Crippen LogP contribution is 2.27. The van der Waals surface area contributed by atoms with Crippen molar-refractivity contribution < 1.29 is 9.53 Å². The van der Waals surface area contributed by atoms with Crippen molar-refractivity contribution in [1.82, 2.24) is 19.7 Å². The number of anilines is 3. The van der Waals surface area contributed by atoms with E-state index in [0.717, 1.165) is 0 Å². The van der Waals surface area contributed by atoms with Crippen molar-refractivity contribution >= 4 is 34.9 Å². The number of nitrogens with zero attached hydrogens (tertiary/aromatic N) is 5. The highest BCUT2D eigenvalue weighted by Gasteiger charge is 2.24. The van der Waals surface area contributed by atoms with Gasteiger partial charge in [0.1, 0.15) is 5.54 Å². The van der Waals surface area contributed by atoms with Gasteiger partial charge in [-0.25, -0.2) is 14.8 Å². The third-order valence-electron chi connectivity index (χ3n) is 3.47. The van der Waals surface area contributed by atoms with Crippen molar-refractivity contribution in [3.8, 4) is 6.07 Å². The predicted molar refractivity (Wildman–Crippen MR) is 93.1 cm³/mol. The predicted octanol–water partition coefficient (Wildman–Crippen LogP) is 2.47. The minimum atomic E-state index is -0.822. The molecule has 0 bridgehead atoms. The lowest BCUT2D eigenvalue weighted by Crippen LogP contribution is -2.24. The van der Waals surface area contributed by atoms with Crippen LogP contribution in [0.25, 0.3) is 0 Å². The maximum absolute atomic E-state index is 12.0. The van der Waals surface area contributed by atoms with E-state index in [1.807, 2.05) is 0 Å². The summed E-state index contributed by atoms with van der Waals surface area (Å²) in [6.45, 7) is 5.25. The summed E-state index contributed by atoms with van der Waals surface area (Å²) in [6.07, 6.45) is 1.66. The van der Waals surface area contributed by atoms with Crippen LogP contribution < -0.4 is 10.6 Å². The molecule has 0 amide bonds. The average Bonchev–Trinajstić information content (AvgIpc) is 2.96. The van der Waals surface area contributed by atoms with Crippen LogP contribution in [0.3, 0.4) is 0 Å². The van der Waals surface area contributed by atoms with Gasteiger partial charge in [-0.3, -0.25) is 4.68 Å². The molecule has 2 aromatic rings. The van der Waals surface area contributed by atoms with Crippen molar-refractivity contribution in [3.05, 3.63) is 22.7 Å². The Morgan fingerprint density at radius 3 is 2.64 bits per heavy atom. The first-order chi connectivity index (χ1) is 11.7. The molecule has 0 saturated carbocycles. The third kappa shape index (κ3) is 3.64. The van der Waals surface area contributed by atoms with E-state index in [-0.39, 0.29) is 16.7 Å². The lowest BCUT2D eigenvalue weighted by Gasteiger charge is -2.15. The molecule has 0 radical (unpaired) electrons. The molecule has 2 N–H and O–H groups in total. The van der Waals surface area contributed by atoms with Crippen LogP contribution in [0.5, 0.6) is 0 Å². The maximum atomic E-state index is 12.0. The van der Waals surface area contributed by atoms with E-state index in [2.05, 4.69) is 31.8 Å². The molecule has 0 aliphatic rings. The first-order valence-electron chi connectivity index (χ1n) is 7.32. The zero-order valence-electron chi connectivity index (χ0n) is 14.5. The molecule has 0 aliphatic carbocycles. The summed E-state index contributed by atoms with van der Waals surface area (Å²) < 4.78 is 6.26. The molecule has 2 heterocycles. The van der Waals surface area contributed by atoms with E-state index in [4.69, 9.17) is 16.3 Å². The van der Waals surface area contributed by atoms with Crippen LogP contribution in [-0.4, -0.2) is 39.9 Å². The quantitative estimate of drug-likeness (QED) is 0.778. The second-order valence-corrected chi connectivity index (χ2v) is 6.03. The molecular formula is C15H18ClN7O2. The lowest BCUT2D eigenvalue weighted by atomic mass is 10.1. The number of carbonyl (C=O) groups excluding carboxylic acids is 1. The van der Waals surface area contributed by atoms with Crippen LogP contribution in [0.2, 0.25) is 5.15 Å². The van der Waals surface area contributed by atoms with Gasteiger partial charge < -0.3 is 15.4 Å². The summed E-state index contributed by atoms with van der Waals surface area (Å²) >= 11 is 6.00. The molecule has 0 unspecified atom stereocenters. The van der Waals surface area contributed by atoms with Gasteiger partial charge >= 0.3 is 5.97 Å². The number of carbonyl (C=O) groups is 1. The fraction of sp³-hybridized carbons (Fsp3) is 0.400. The third-order valence-corrected chi connectivity index (χ3v) is 3.73. The summed E-state index contributed by atoms with van der Waals surface area (Å²) in [7, 11) is 2.88. The molecule has 2 aromatic heterocycles. The van der Waals surface area contributed by atoms with Gasteiger partial charge in [-0.2, -0.15) is 10.4 Å². The molecule has 0 aliphatic heterocycles. The van der Waals surface area contributed by atoms with E-state index in [1.165, 1.54) is 11.8 Å². The second-order valence-electron chi connectivity index (χ2n) is 5.67. The number of hydrogen-bond donors (Lipinski definition) is 2. The summed E-state index contributed by atoms with van der Waals surface area (Å²) in [6, 6.07) is 2.17. The van der Waals surface area contributed by atoms with E-state index >= 15 is 0 Å². The smallest absolute Gasteiger partial charge is 0.360 e. The molecule has 0 atom stereocenters. The Bertz CT molecular complexity index is 854. The summed E-state index contributed by atoms with van der Waals surface area (Å²) in [5.74, 6) is -0.209. The van der Waals surface area contributed by atoms with E-state index in [1.54, 1.807) is 34.0 Å². The highest BCUT2D eigenvalue weighted by molar-refractivity contribution is 6.32. The van der Waals surface area contributed by atoms with Crippen LogP contribution >= 0.6 is 11.6 Å². The van der Waals surface area contributed by atoms with Gasteiger partial charge in [0.25, 0.3) is 0 Å². The van der Waals surface area contributed by atoms with Crippen molar-refractivity contribution in [2.24, 2.45) is 0 Å². The molecule has 132 valence electrons. The number of hydrogen-bond acceptors (Lipinski definition) is 8. The normalized spacial score (nSPS) is 10.9. The highest BCUT2D eigenvalue weighted by atomic mass is 35.5. The van der Waals surface area contributed by atoms with E-state index in [0.29, 0.717) is 17.2 Å². The molecule has 25 heavy (non-hydrogen) atoms. The molecule has 10 heteroatoms. The molecule has 2 rings (SSSR count). The molecule has 9 nitrogen and oxygen atoms in total. The monoisotopic (exact) mass is 363 g/mol. The van der Waals surface area contributed by atoms with Crippen LogP contribution in [0, 0.1) is 18.3 Å². The standard InChI is InChI=1S/C15H18ClN7O2/c1-8-9(6-23(22-8)15(2,3)7-17)19-12-10(14(24)25-5)20-11(16)13(18-4)21-12/h6H,1-5H3,(H2,18,19,21). The number of methoxy groups -OCH3 is 1. The Hall–Kier alpha value is -2.86. The number of nitriles is 1. The largest absolute Gasteiger partial charge is 0.464 e. The summed E-state index contributed by atoms with van der Waals surface area (Å²) in [4.78, 5) is 20.3. The van der Waals surface area contributed by atoms with E-state index < -0.39 is 11.5 Å². The van der Waals surface area contributed by atoms with Gasteiger partial charge in [0, 0.05) is 7.05 Å². The Balaban J connectivity index is 2.50. The minimum Gasteiger partial charge on any atom is -0.464 e. The fourth-order valence-corrected chi connectivity index (χ4v) is 2.17. The summed E-state index contributed by atoms with van der Waals surface area (Å²) in [5, 5.41) is 19.4. The van der Waals surface area contributed by atoms with Gasteiger partial charge in [0.05, 0.1) is 30.8 Å². The van der Waals surface area contributed by atoms with Gasteiger partial charge in [0.2, 0.25) is 0 Å². The fourth-order valence-electron chi connectivity index (χ4n) is 1.95. The van der Waals surface area contributed by atoms with Crippen LogP contribution in [0.15, 0.2) is 6.20 Å². The van der Waals surface area contributed by atoms with Crippen LogP contribution in [-0.2, 0) is 10.3 Å². The second kappa shape index (κ2) is 6.94. The number of esters is 1. The first-order valence-corrected chi connectivity index (χ1v) is 7.70. The SMILES string of the molecule is CNc1nc(Nc2cn(C(C)(C)C#N)nc2C)c(C(=O)OC)nc1Cl. The van der Waals surface area contributed by atoms with Crippen molar-refractivity contribution in [3.63, 3.8) is 0 Å². The Morgan fingerprint density at radius 1 is 1.40 bits per heavy atom. The van der Waals surface area contributed by atoms with E-state index in [9.17, 15) is 10.1 Å². The van der Waals surface area contributed by atoms with Crippen LogP contribution in [0.1, 0.15) is 30.0 Å². The number of aryl methyl sites for hydroxylation is 1. The molecule has 0 fully saturated rings. The number of nitrogens with one attached hydrogen (secondary N) is 2. The summed E-state index contributed by atoms with van der Waals surface area (Å²) in [5.41, 5.74) is 0.324. The van der Waals surface area contributed by atoms with Gasteiger partial charge in [0.15, 0.2) is 22.5 Å². The minimum absolute atomic E-state index is 0.0477. The zero-order chi connectivity index (χ0) is 18.8. The molecule has 0 aromatic carbocycles. The lowest BCUT2D eigenvalue weighted by molar-refractivity contribution is 0.0595. The van der Waals surface area contributed by atoms with Gasteiger partial charge in [-0.15, -0.1) is 0 Å². The molecular weight excluding hydrogens is 346 g/mol. The number of halogens is 1. The average molecular weight is 364 g/mol. The van der Waals surface area contributed by atoms with Gasteiger partial charge in [-0.05, 0) is 20.8 Å². The molecule has 0 saturated heterocycles. The first kappa shape index (κ1) is 18.5. The van der Waals surface area contributed by atoms with Crippen molar-refractivity contribution in [1.29, 1.82) is 5.26 Å². The van der Waals surface area contributed by atoms with Crippen molar-refractivity contribution in [2.75, 3.05) is 24.8 Å². The number of rotatable bonds is 5. The molecule has 0 spiro atoms. The van der Waals surface area contributed by atoms with Gasteiger partial charge in [-0.1, -0.05) is 11.6 Å². The Kier molecular flexibility index (Phi) is 5.13. The number of aromatic nitrogens is 4. The number of ether oxygens (including phenoxy) is 1. The maximum Gasteiger partial charge on any atom is 0.360 e. The topological polar surface area (TPSA) is 118 Å². The van der Waals surface area contributed by atoms with Crippen molar-refractivity contribution in [2.45, 2.75) is 26.3 Å².